The number of carbonyl (C=O) groups is 5. The summed E-state index contributed by atoms with van der Waals surface area (Å²) in [5.41, 5.74) is 0.877. The summed E-state index contributed by atoms with van der Waals surface area (Å²) in [6.07, 6.45) is 3.48. The number of carboxylic acid groups (broad SMARTS) is 1. The molecule has 1 aromatic carbocycles. The van der Waals surface area contributed by atoms with E-state index >= 15 is 0 Å². The molecule has 0 spiro atoms. The van der Waals surface area contributed by atoms with E-state index in [1.54, 1.807) is 26.8 Å². The summed E-state index contributed by atoms with van der Waals surface area (Å²) in [6.45, 7) is 8.49. The lowest BCUT2D eigenvalue weighted by atomic mass is 9.97. The highest BCUT2D eigenvalue weighted by Gasteiger charge is 2.34. The number of carboxylic acids is 1. The minimum Gasteiger partial charge on any atom is -0.479 e. The number of hydrogen-bond donors (Lipinski definition) is 3. The SMILES string of the molecule is CC(C)(C)C(=O)OCc1cc(CCCOCCOCCOCCNC(=O)CCCCCN2C(=O)C=CC2=O)ccc1OC1CC(O)C[C@@H](C(=O)O)O1. The molecule has 1 aromatic rings. The fraction of sp³-hybridized carbons (Fsp3) is 0.649. The van der Waals surface area contributed by atoms with Gasteiger partial charge in [-0.2, -0.15) is 0 Å². The fourth-order valence-electron chi connectivity index (χ4n) is 5.27. The highest BCUT2D eigenvalue weighted by Crippen LogP contribution is 2.28. The summed E-state index contributed by atoms with van der Waals surface area (Å²) in [4.78, 5) is 60.1. The summed E-state index contributed by atoms with van der Waals surface area (Å²) in [7, 11) is 0. The van der Waals surface area contributed by atoms with Crippen molar-refractivity contribution < 1.29 is 62.6 Å². The Morgan fingerprint density at radius 1 is 0.904 bits per heavy atom. The van der Waals surface area contributed by atoms with Crippen molar-refractivity contribution in [3.8, 4) is 5.75 Å². The maximum Gasteiger partial charge on any atom is 0.333 e. The number of aliphatic hydroxyl groups is 1. The number of amides is 3. The maximum absolute atomic E-state index is 12.4. The van der Waals surface area contributed by atoms with Gasteiger partial charge >= 0.3 is 11.9 Å². The summed E-state index contributed by atoms with van der Waals surface area (Å²) < 4.78 is 33.7. The van der Waals surface area contributed by atoms with Crippen LogP contribution in [0.15, 0.2) is 30.4 Å². The van der Waals surface area contributed by atoms with Crippen LogP contribution in [-0.4, -0.2) is 116 Å². The van der Waals surface area contributed by atoms with Crippen molar-refractivity contribution in [1.29, 1.82) is 0 Å². The number of benzene rings is 1. The van der Waals surface area contributed by atoms with Gasteiger partial charge in [-0.3, -0.25) is 24.1 Å². The van der Waals surface area contributed by atoms with Crippen LogP contribution in [0.2, 0.25) is 0 Å². The predicted molar refractivity (Wildman–Crippen MR) is 186 cm³/mol. The Balaban J connectivity index is 1.24. The van der Waals surface area contributed by atoms with Gasteiger partial charge in [0.1, 0.15) is 12.4 Å². The number of aliphatic carboxylic acids is 1. The van der Waals surface area contributed by atoms with Crippen molar-refractivity contribution in [3.63, 3.8) is 0 Å². The standard InChI is InChI=1S/C37H54N2O13/c1-37(2,3)36(46)50-25-27-22-26(10-11-29(27)51-34-24-28(40)23-30(52-34)35(44)45)8-7-16-47-18-20-49-21-19-48-17-14-38-31(41)9-5-4-6-15-39-32(42)12-13-33(39)43/h10-13,22,28,30,34,40H,4-9,14-21,23-25H2,1-3H3,(H,38,41)(H,44,45)/t28?,30-,34?/m0/s1. The van der Waals surface area contributed by atoms with E-state index in [9.17, 15) is 34.2 Å². The molecule has 0 saturated carbocycles. The van der Waals surface area contributed by atoms with Gasteiger partial charge in [-0.1, -0.05) is 12.5 Å². The largest absolute Gasteiger partial charge is 0.479 e. The average molecular weight is 735 g/mol. The molecule has 290 valence electrons. The topological polar surface area (TPSA) is 196 Å². The van der Waals surface area contributed by atoms with E-state index in [1.807, 2.05) is 12.1 Å². The van der Waals surface area contributed by atoms with Crippen LogP contribution < -0.4 is 10.1 Å². The number of carbonyl (C=O) groups excluding carboxylic acids is 4. The zero-order valence-corrected chi connectivity index (χ0v) is 30.5. The lowest BCUT2D eigenvalue weighted by Crippen LogP contribution is -2.42. The van der Waals surface area contributed by atoms with Gasteiger partial charge in [0.05, 0.1) is 44.6 Å². The molecule has 15 nitrogen and oxygen atoms in total. The zero-order valence-electron chi connectivity index (χ0n) is 30.5. The third kappa shape index (κ3) is 15.8. The quantitative estimate of drug-likeness (QED) is 0.0798. The minimum absolute atomic E-state index is 0.0186. The first-order valence-electron chi connectivity index (χ1n) is 17.9. The minimum atomic E-state index is -1.18. The number of rotatable bonds is 24. The fourth-order valence-corrected chi connectivity index (χ4v) is 5.27. The van der Waals surface area contributed by atoms with Crippen LogP contribution in [0, 0.1) is 5.41 Å². The van der Waals surface area contributed by atoms with Crippen molar-refractivity contribution in [3.05, 3.63) is 41.5 Å². The highest BCUT2D eigenvalue weighted by molar-refractivity contribution is 6.12. The number of hydrogen-bond acceptors (Lipinski definition) is 12. The smallest absolute Gasteiger partial charge is 0.333 e. The van der Waals surface area contributed by atoms with E-state index in [1.165, 1.54) is 17.1 Å². The average Bonchev–Trinajstić information content (AvgIpc) is 3.41. The molecule has 3 atom stereocenters. The second kappa shape index (κ2) is 22.2. The van der Waals surface area contributed by atoms with Gasteiger partial charge in [0.25, 0.3) is 11.8 Å². The molecule has 0 aromatic heterocycles. The molecular formula is C37H54N2O13. The summed E-state index contributed by atoms with van der Waals surface area (Å²) in [6, 6.07) is 5.48. The number of unbranched alkanes of at least 4 members (excludes halogenated alkanes) is 2. The second-order valence-corrected chi connectivity index (χ2v) is 13.7. The Bertz CT molecular complexity index is 1340. The van der Waals surface area contributed by atoms with Crippen molar-refractivity contribution in [1.82, 2.24) is 10.2 Å². The number of ether oxygens (including phenoxy) is 6. The molecule has 2 aliphatic rings. The number of aliphatic hydroxyl groups excluding tert-OH is 1. The van der Waals surface area contributed by atoms with E-state index in [4.69, 9.17) is 28.4 Å². The first-order valence-corrected chi connectivity index (χ1v) is 17.9. The number of esters is 1. The number of nitrogens with one attached hydrogen (secondary N) is 1. The predicted octanol–water partition coefficient (Wildman–Crippen LogP) is 2.69. The van der Waals surface area contributed by atoms with Gasteiger partial charge in [0.2, 0.25) is 12.2 Å². The molecule has 3 amide bonds. The number of aryl methyl sites for hydroxylation is 1. The van der Waals surface area contributed by atoms with E-state index in [2.05, 4.69) is 5.32 Å². The van der Waals surface area contributed by atoms with Gasteiger partial charge in [0, 0.05) is 56.7 Å². The lowest BCUT2D eigenvalue weighted by molar-refractivity contribution is -0.195. The van der Waals surface area contributed by atoms with E-state index in [0.717, 1.165) is 18.4 Å². The first kappa shape index (κ1) is 42.5. The monoisotopic (exact) mass is 734 g/mol. The van der Waals surface area contributed by atoms with Gasteiger partial charge in [-0.25, -0.2) is 4.79 Å². The van der Waals surface area contributed by atoms with Crippen molar-refractivity contribution >= 4 is 29.7 Å². The van der Waals surface area contributed by atoms with Crippen molar-refractivity contribution in [2.24, 2.45) is 5.41 Å². The molecular weight excluding hydrogens is 680 g/mol. The molecule has 3 rings (SSSR count). The van der Waals surface area contributed by atoms with Crippen LogP contribution in [-0.2, 0) is 60.7 Å². The third-order valence-corrected chi connectivity index (χ3v) is 8.15. The number of nitrogens with zero attached hydrogens (tertiary/aromatic N) is 1. The highest BCUT2D eigenvalue weighted by atomic mass is 16.7. The summed E-state index contributed by atoms with van der Waals surface area (Å²) >= 11 is 0. The van der Waals surface area contributed by atoms with E-state index in [-0.39, 0.29) is 43.1 Å². The van der Waals surface area contributed by atoms with E-state index < -0.39 is 29.9 Å². The van der Waals surface area contributed by atoms with Crippen LogP contribution in [0.1, 0.15) is 76.8 Å². The molecule has 0 radical (unpaired) electrons. The van der Waals surface area contributed by atoms with Crippen LogP contribution in [0.4, 0.5) is 0 Å². The van der Waals surface area contributed by atoms with Crippen molar-refractivity contribution in [2.75, 3.05) is 52.7 Å². The molecule has 1 saturated heterocycles. The van der Waals surface area contributed by atoms with Gasteiger partial charge in [0.15, 0.2) is 6.10 Å². The number of imide groups is 1. The van der Waals surface area contributed by atoms with Crippen LogP contribution >= 0.6 is 0 Å². The third-order valence-electron chi connectivity index (χ3n) is 8.15. The maximum atomic E-state index is 12.4. The van der Waals surface area contributed by atoms with Crippen LogP contribution in [0.5, 0.6) is 5.75 Å². The molecule has 3 N–H and O–H groups in total. The molecule has 2 heterocycles. The zero-order chi connectivity index (χ0) is 37.9. The van der Waals surface area contributed by atoms with Crippen LogP contribution in [0.3, 0.4) is 0 Å². The van der Waals surface area contributed by atoms with Crippen molar-refractivity contribution in [2.45, 2.75) is 97.2 Å². The summed E-state index contributed by atoms with van der Waals surface area (Å²) in [5, 5.41) is 22.3. The first-order chi connectivity index (χ1) is 24.8. The molecule has 15 heteroatoms. The normalized spacial score (nSPS) is 18.8. The Kier molecular flexibility index (Phi) is 18.2. The van der Waals surface area contributed by atoms with Crippen LogP contribution in [0.25, 0.3) is 0 Å². The van der Waals surface area contributed by atoms with Gasteiger partial charge < -0.3 is 44.0 Å². The van der Waals surface area contributed by atoms with Gasteiger partial charge in [-0.15, -0.1) is 0 Å². The molecule has 0 bridgehead atoms. The lowest BCUT2D eigenvalue weighted by Gasteiger charge is -2.31. The molecule has 2 unspecified atom stereocenters. The molecule has 2 aliphatic heterocycles. The Labute approximate surface area is 304 Å². The van der Waals surface area contributed by atoms with Gasteiger partial charge in [-0.05, 0) is 64.2 Å². The molecule has 0 aliphatic carbocycles. The Morgan fingerprint density at radius 3 is 2.25 bits per heavy atom. The second-order valence-electron chi connectivity index (χ2n) is 13.7. The molecule has 1 fully saturated rings. The Hall–Kier alpha value is -3.89. The summed E-state index contributed by atoms with van der Waals surface area (Å²) in [5.74, 6) is -1.81. The molecule has 52 heavy (non-hydrogen) atoms. The van der Waals surface area contributed by atoms with E-state index in [0.29, 0.717) is 89.7 Å². The Morgan fingerprint density at radius 2 is 1.58 bits per heavy atom.